The maximum atomic E-state index is 11.7. The lowest BCUT2D eigenvalue weighted by atomic mass is 10.1. The Morgan fingerprint density at radius 1 is 1.59 bits per heavy atom. The van der Waals surface area contributed by atoms with Gasteiger partial charge in [-0.05, 0) is 6.42 Å². The van der Waals surface area contributed by atoms with Crippen molar-refractivity contribution < 1.29 is 9.59 Å². The molecule has 1 unspecified atom stereocenters. The minimum atomic E-state index is -0.487. The second-order valence-corrected chi connectivity index (χ2v) is 3.72. The van der Waals surface area contributed by atoms with Gasteiger partial charge in [-0.1, -0.05) is 6.92 Å². The summed E-state index contributed by atoms with van der Waals surface area (Å²) in [5, 5.41) is 6.57. The molecule has 0 bridgehead atoms. The number of primary amides is 1. The zero-order valence-electron chi connectivity index (χ0n) is 9.72. The van der Waals surface area contributed by atoms with Crippen LogP contribution in [0.4, 0.5) is 5.69 Å². The zero-order chi connectivity index (χ0) is 12.8. The summed E-state index contributed by atoms with van der Waals surface area (Å²) in [6.07, 6.45) is 3.69. The summed E-state index contributed by atoms with van der Waals surface area (Å²) in [6.45, 7) is 2.19. The van der Waals surface area contributed by atoms with E-state index < -0.39 is 5.91 Å². The Morgan fingerprint density at radius 2 is 2.29 bits per heavy atom. The van der Waals surface area contributed by atoms with Crippen LogP contribution in [0.1, 0.15) is 13.3 Å². The second-order valence-electron chi connectivity index (χ2n) is 3.72. The average molecular weight is 239 g/mol. The van der Waals surface area contributed by atoms with Crippen LogP contribution in [0.5, 0.6) is 0 Å². The van der Waals surface area contributed by atoms with Gasteiger partial charge >= 0.3 is 0 Å². The third-order valence-corrected chi connectivity index (χ3v) is 2.37. The molecule has 0 fully saturated rings. The number of hydrogen-bond acceptors (Lipinski definition) is 4. The van der Waals surface area contributed by atoms with Crippen molar-refractivity contribution in [3.05, 3.63) is 12.4 Å². The van der Waals surface area contributed by atoms with Crippen LogP contribution in [0, 0.1) is 5.92 Å². The van der Waals surface area contributed by atoms with Crippen molar-refractivity contribution in [2.45, 2.75) is 19.9 Å². The van der Waals surface area contributed by atoms with Gasteiger partial charge in [-0.25, -0.2) is 0 Å². The van der Waals surface area contributed by atoms with Crippen molar-refractivity contribution in [2.24, 2.45) is 17.4 Å². The van der Waals surface area contributed by atoms with Crippen LogP contribution in [0.3, 0.4) is 0 Å². The Labute approximate surface area is 99.1 Å². The molecule has 0 radical (unpaired) electrons. The normalized spacial score (nSPS) is 12.1. The van der Waals surface area contributed by atoms with Crippen LogP contribution in [-0.4, -0.2) is 28.1 Å². The first kappa shape index (κ1) is 13.2. The maximum Gasteiger partial charge on any atom is 0.239 e. The van der Waals surface area contributed by atoms with Crippen LogP contribution in [0.15, 0.2) is 12.4 Å². The van der Waals surface area contributed by atoms with Crippen molar-refractivity contribution in [3.63, 3.8) is 0 Å². The van der Waals surface area contributed by atoms with Crippen LogP contribution in [0.25, 0.3) is 0 Å². The number of nitrogens with zero attached hydrogens (tertiary/aromatic N) is 2. The van der Waals surface area contributed by atoms with Gasteiger partial charge in [0, 0.05) is 12.7 Å². The summed E-state index contributed by atoms with van der Waals surface area (Å²) in [7, 11) is 0. The first-order valence-corrected chi connectivity index (χ1v) is 5.38. The quantitative estimate of drug-likeness (QED) is 0.608. The van der Waals surface area contributed by atoms with Gasteiger partial charge in [0.1, 0.15) is 6.54 Å². The number of amides is 2. The number of nitrogens with one attached hydrogen (secondary N) is 1. The topological polar surface area (TPSA) is 116 Å². The van der Waals surface area contributed by atoms with Crippen molar-refractivity contribution in [2.75, 3.05) is 11.9 Å². The van der Waals surface area contributed by atoms with Crippen LogP contribution >= 0.6 is 0 Å². The Kier molecular flexibility index (Phi) is 4.65. The standard InChI is InChI=1S/C10H17N5O2/c1-2-7(3-11)10(17)14-8-4-13-15(5-8)6-9(12)16/h4-5,7H,2-3,6,11H2,1H3,(H2,12,16)(H,14,17). The predicted octanol–water partition coefficient (Wildman–Crippen LogP) is -0.708. The first-order valence-electron chi connectivity index (χ1n) is 5.38. The fraction of sp³-hybridized carbons (Fsp3) is 0.500. The van der Waals surface area contributed by atoms with Crippen molar-refractivity contribution in [3.8, 4) is 0 Å². The van der Waals surface area contributed by atoms with Gasteiger partial charge in [0.15, 0.2) is 0 Å². The van der Waals surface area contributed by atoms with E-state index in [4.69, 9.17) is 11.5 Å². The second kappa shape index (κ2) is 6.00. The lowest BCUT2D eigenvalue weighted by molar-refractivity contribution is -0.120. The summed E-state index contributed by atoms with van der Waals surface area (Å²) in [5.74, 6) is -0.845. The van der Waals surface area contributed by atoms with Gasteiger partial charge in [0.25, 0.3) is 0 Å². The molecule has 7 nitrogen and oxygen atoms in total. The SMILES string of the molecule is CCC(CN)C(=O)Nc1cnn(CC(N)=O)c1. The summed E-state index contributed by atoms with van der Waals surface area (Å²) in [4.78, 5) is 22.3. The molecule has 1 heterocycles. The van der Waals surface area contributed by atoms with Crippen LogP contribution in [-0.2, 0) is 16.1 Å². The number of carbonyl (C=O) groups excluding carboxylic acids is 2. The number of nitrogens with two attached hydrogens (primary N) is 2. The first-order chi connectivity index (χ1) is 8.06. The molecule has 0 spiro atoms. The summed E-state index contributed by atoms with van der Waals surface area (Å²) in [6, 6.07) is 0. The van der Waals surface area contributed by atoms with E-state index in [0.717, 1.165) is 0 Å². The van der Waals surface area contributed by atoms with E-state index in [1.165, 1.54) is 10.9 Å². The van der Waals surface area contributed by atoms with Gasteiger partial charge < -0.3 is 16.8 Å². The molecule has 1 aromatic heterocycles. The highest BCUT2D eigenvalue weighted by molar-refractivity contribution is 5.92. The highest BCUT2D eigenvalue weighted by atomic mass is 16.2. The minimum absolute atomic E-state index is 0.00995. The monoisotopic (exact) mass is 239 g/mol. The molecule has 94 valence electrons. The zero-order valence-corrected chi connectivity index (χ0v) is 9.72. The molecule has 0 aliphatic carbocycles. The summed E-state index contributed by atoms with van der Waals surface area (Å²) in [5.41, 5.74) is 11.0. The predicted molar refractivity (Wildman–Crippen MR) is 62.9 cm³/mol. The van der Waals surface area contributed by atoms with E-state index in [2.05, 4.69) is 10.4 Å². The molecule has 1 atom stereocenters. The van der Waals surface area contributed by atoms with Crippen LogP contribution < -0.4 is 16.8 Å². The van der Waals surface area contributed by atoms with E-state index in [1.54, 1.807) is 6.20 Å². The third kappa shape index (κ3) is 3.87. The number of aromatic nitrogens is 2. The van der Waals surface area contributed by atoms with Crippen molar-refractivity contribution in [1.29, 1.82) is 0 Å². The van der Waals surface area contributed by atoms with Gasteiger partial charge in [-0.15, -0.1) is 0 Å². The largest absolute Gasteiger partial charge is 0.368 e. The molecule has 17 heavy (non-hydrogen) atoms. The molecule has 0 saturated heterocycles. The Bertz CT molecular complexity index is 397. The molecular weight excluding hydrogens is 222 g/mol. The van der Waals surface area contributed by atoms with E-state index in [9.17, 15) is 9.59 Å². The van der Waals surface area contributed by atoms with E-state index in [0.29, 0.717) is 18.7 Å². The summed E-state index contributed by atoms with van der Waals surface area (Å²) < 4.78 is 1.36. The molecule has 0 aliphatic rings. The van der Waals surface area contributed by atoms with Gasteiger partial charge in [-0.3, -0.25) is 14.3 Å². The molecular formula is C10H17N5O2. The maximum absolute atomic E-state index is 11.7. The number of carbonyl (C=O) groups is 2. The number of anilines is 1. The number of rotatable bonds is 6. The molecule has 1 rings (SSSR count). The molecule has 7 heteroatoms. The van der Waals surface area contributed by atoms with Gasteiger partial charge in [-0.2, -0.15) is 5.10 Å². The lowest BCUT2D eigenvalue weighted by Crippen LogP contribution is -2.28. The van der Waals surface area contributed by atoms with Crippen molar-refractivity contribution in [1.82, 2.24) is 9.78 Å². The Hall–Kier alpha value is -1.89. The highest BCUT2D eigenvalue weighted by Crippen LogP contribution is 2.08. The number of hydrogen-bond donors (Lipinski definition) is 3. The van der Waals surface area contributed by atoms with E-state index >= 15 is 0 Å². The molecule has 0 aliphatic heterocycles. The van der Waals surface area contributed by atoms with E-state index in [1.807, 2.05) is 6.92 Å². The van der Waals surface area contributed by atoms with Gasteiger partial charge in [0.05, 0.1) is 17.8 Å². The Balaban J connectivity index is 2.59. The van der Waals surface area contributed by atoms with Crippen molar-refractivity contribution >= 4 is 17.5 Å². The van der Waals surface area contributed by atoms with E-state index in [-0.39, 0.29) is 18.4 Å². The lowest BCUT2D eigenvalue weighted by Gasteiger charge is -2.10. The summed E-state index contributed by atoms with van der Waals surface area (Å²) >= 11 is 0. The fourth-order valence-corrected chi connectivity index (χ4v) is 1.38. The molecule has 1 aromatic rings. The fourth-order valence-electron chi connectivity index (χ4n) is 1.38. The highest BCUT2D eigenvalue weighted by Gasteiger charge is 2.15. The minimum Gasteiger partial charge on any atom is -0.368 e. The van der Waals surface area contributed by atoms with Gasteiger partial charge in [0.2, 0.25) is 11.8 Å². The molecule has 2 amide bonds. The molecule has 5 N–H and O–H groups in total. The smallest absolute Gasteiger partial charge is 0.239 e. The van der Waals surface area contributed by atoms with Crippen LogP contribution in [0.2, 0.25) is 0 Å². The Morgan fingerprint density at radius 3 is 2.82 bits per heavy atom. The third-order valence-electron chi connectivity index (χ3n) is 2.37. The average Bonchev–Trinajstić information content (AvgIpc) is 2.66. The molecule has 0 aromatic carbocycles. The molecule has 0 saturated carbocycles.